The molecule has 9 heteroatoms. The monoisotopic (exact) mass is 514 g/mol. The quantitative estimate of drug-likeness (QED) is 0.469. The lowest BCUT2D eigenvalue weighted by Gasteiger charge is -2.27. The van der Waals surface area contributed by atoms with Crippen molar-refractivity contribution in [3.8, 4) is 11.5 Å². The summed E-state index contributed by atoms with van der Waals surface area (Å²) in [5.74, 6) is 1.26. The van der Waals surface area contributed by atoms with Crippen LogP contribution in [0.4, 0.5) is 11.4 Å². The molecule has 2 atom stereocenters. The number of carbonyl (C=O) groups excluding carboxylic acids is 2. The number of methoxy groups -OCH3 is 2. The molecule has 0 saturated carbocycles. The number of ether oxygens (including phenoxy) is 2. The first-order valence-corrected chi connectivity index (χ1v) is 12.8. The van der Waals surface area contributed by atoms with Crippen molar-refractivity contribution in [1.29, 1.82) is 0 Å². The molecule has 2 aliphatic rings. The summed E-state index contributed by atoms with van der Waals surface area (Å²) in [6.45, 7) is 1.92. The van der Waals surface area contributed by atoms with E-state index in [1.807, 2.05) is 61.5 Å². The minimum atomic E-state index is -0.661. The van der Waals surface area contributed by atoms with Crippen LogP contribution in [0.3, 0.4) is 0 Å². The van der Waals surface area contributed by atoms with E-state index < -0.39 is 11.3 Å². The molecule has 3 aromatic carbocycles. The predicted molar refractivity (Wildman–Crippen MR) is 146 cm³/mol. The number of thioether (sulfide) groups is 1. The number of amidine groups is 2. The second kappa shape index (κ2) is 10.5. The first-order valence-electron chi connectivity index (χ1n) is 11.9. The van der Waals surface area contributed by atoms with Gasteiger partial charge in [0, 0.05) is 11.6 Å². The van der Waals surface area contributed by atoms with E-state index in [4.69, 9.17) is 19.5 Å². The smallest absolute Gasteiger partial charge is 0.263 e. The van der Waals surface area contributed by atoms with Crippen LogP contribution in [0.15, 0.2) is 82.8 Å². The molecule has 2 aliphatic heterocycles. The van der Waals surface area contributed by atoms with Gasteiger partial charge in [0.1, 0.15) is 17.3 Å². The van der Waals surface area contributed by atoms with Crippen LogP contribution in [0, 0.1) is 0 Å². The average Bonchev–Trinajstić information content (AvgIpc) is 3.29. The predicted octanol–water partition coefficient (Wildman–Crippen LogP) is 5.19. The van der Waals surface area contributed by atoms with Crippen LogP contribution in [0.1, 0.15) is 30.5 Å². The van der Waals surface area contributed by atoms with E-state index in [2.05, 4.69) is 5.32 Å². The van der Waals surface area contributed by atoms with Crippen molar-refractivity contribution >= 4 is 46.0 Å². The topological polar surface area (TPSA) is 92.6 Å². The maximum atomic E-state index is 13.6. The molecule has 2 unspecified atom stereocenters. The van der Waals surface area contributed by atoms with Gasteiger partial charge in [-0.2, -0.15) is 0 Å². The summed E-state index contributed by atoms with van der Waals surface area (Å²) in [6.07, 6.45) is 0.520. The normalized spacial score (nSPS) is 16.8. The fourth-order valence-electron chi connectivity index (χ4n) is 4.25. The van der Waals surface area contributed by atoms with Crippen molar-refractivity contribution in [1.82, 2.24) is 4.90 Å². The number of hydrogen-bond donors (Lipinski definition) is 1. The van der Waals surface area contributed by atoms with Gasteiger partial charge in [-0.15, -0.1) is 0 Å². The average molecular weight is 515 g/mol. The molecule has 0 fully saturated rings. The van der Waals surface area contributed by atoms with Gasteiger partial charge in [-0.05, 0) is 36.2 Å². The van der Waals surface area contributed by atoms with Gasteiger partial charge in [-0.1, -0.05) is 61.2 Å². The number of rotatable bonds is 7. The van der Waals surface area contributed by atoms with Crippen molar-refractivity contribution < 1.29 is 19.1 Å². The van der Waals surface area contributed by atoms with Gasteiger partial charge in [0.05, 0.1) is 30.8 Å². The van der Waals surface area contributed by atoms with Crippen LogP contribution >= 0.6 is 11.8 Å². The van der Waals surface area contributed by atoms with Gasteiger partial charge in [-0.25, -0.2) is 14.9 Å². The Balaban J connectivity index is 1.44. The molecule has 0 spiro atoms. The van der Waals surface area contributed by atoms with Crippen molar-refractivity contribution in [2.75, 3.05) is 19.5 Å². The highest BCUT2D eigenvalue weighted by Crippen LogP contribution is 2.39. The Labute approximate surface area is 219 Å². The number of nitrogens with one attached hydrogen (secondary N) is 1. The number of aliphatic imine (C=N–C) groups is 2. The van der Waals surface area contributed by atoms with Crippen molar-refractivity contribution in [2.45, 2.75) is 24.6 Å². The van der Waals surface area contributed by atoms with Crippen LogP contribution in [0.5, 0.6) is 11.5 Å². The molecule has 37 heavy (non-hydrogen) atoms. The Morgan fingerprint density at radius 1 is 1.05 bits per heavy atom. The third-order valence-electron chi connectivity index (χ3n) is 6.16. The molecule has 2 heterocycles. The third kappa shape index (κ3) is 4.70. The van der Waals surface area contributed by atoms with Crippen LogP contribution in [-0.4, -0.2) is 47.2 Å². The molecule has 2 amide bonds. The highest BCUT2D eigenvalue weighted by atomic mass is 32.2. The minimum absolute atomic E-state index is 0.186. The highest BCUT2D eigenvalue weighted by Gasteiger charge is 2.43. The molecule has 0 saturated heterocycles. The van der Waals surface area contributed by atoms with Crippen LogP contribution in [0.25, 0.3) is 0 Å². The summed E-state index contributed by atoms with van der Waals surface area (Å²) < 4.78 is 10.7. The SMILES string of the molecule is CCC(SC1=Nc2ccccc2C2=NC(c3ccccc3)C(=O)N12)C(=O)Nc1ccc(OC)cc1OC. The number of para-hydroxylation sites is 1. The first kappa shape index (κ1) is 24.6. The number of anilines is 1. The molecule has 0 aromatic heterocycles. The summed E-state index contributed by atoms with van der Waals surface area (Å²) in [4.78, 5) is 38.1. The van der Waals surface area contributed by atoms with E-state index in [0.717, 1.165) is 11.1 Å². The molecule has 3 aromatic rings. The van der Waals surface area contributed by atoms with Gasteiger partial charge in [-0.3, -0.25) is 9.59 Å². The number of benzene rings is 3. The Morgan fingerprint density at radius 3 is 2.54 bits per heavy atom. The Bertz CT molecular complexity index is 1410. The summed E-state index contributed by atoms with van der Waals surface area (Å²) in [6, 6.07) is 21.6. The fourth-order valence-corrected chi connectivity index (χ4v) is 5.27. The summed E-state index contributed by atoms with van der Waals surface area (Å²) in [5.41, 5.74) is 2.85. The van der Waals surface area contributed by atoms with Gasteiger partial charge in [0.25, 0.3) is 5.91 Å². The van der Waals surface area contributed by atoms with E-state index in [9.17, 15) is 9.59 Å². The van der Waals surface area contributed by atoms with E-state index in [1.54, 1.807) is 30.2 Å². The molecule has 0 bridgehead atoms. The minimum Gasteiger partial charge on any atom is -0.497 e. The molecular formula is C28H26N4O4S. The molecule has 8 nitrogen and oxygen atoms in total. The van der Waals surface area contributed by atoms with E-state index in [1.165, 1.54) is 18.9 Å². The lowest BCUT2D eigenvalue weighted by molar-refractivity contribution is -0.124. The van der Waals surface area contributed by atoms with Gasteiger partial charge in [0.2, 0.25) is 5.91 Å². The Morgan fingerprint density at radius 2 is 1.81 bits per heavy atom. The molecule has 0 radical (unpaired) electrons. The second-order valence-corrected chi connectivity index (χ2v) is 9.59. The zero-order chi connectivity index (χ0) is 25.9. The van der Waals surface area contributed by atoms with Crippen molar-refractivity contribution in [2.24, 2.45) is 9.98 Å². The van der Waals surface area contributed by atoms with Crippen molar-refractivity contribution in [3.05, 3.63) is 83.9 Å². The number of carbonyl (C=O) groups is 2. The lowest BCUT2D eigenvalue weighted by Crippen LogP contribution is -2.41. The van der Waals surface area contributed by atoms with Crippen LogP contribution < -0.4 is 14.8 Å². The standard InChI is InChI=1S/C28H26N4O4S/c1-4-23(26(33)29-21-15-14-18(35-2)16-22(21)36-3)37-28-30-20-13-9-8-12-19(20)25-31-24(27(34)32(25)28)17-10-6-5-7-11-17/h5-16,23-24H,4H2,1-3H3,(H,29,33). The summed E-state index contributed by atoms with van der Waals surface area (Å²) in [7, 11) is 3.10. The second-order valence-electron chi connectivity index (χ2n) is 8.42. The Kier molecular flexibility index (Phi) is 6.96. The summed E-state index contributed by atoms with van der Waals surface area (Å²) >= 11 is 1.25. The molecule has 0 aliphatic carbocycles. The number of fused-ring (bicyclic) bond motifs is 3. The van der Waals surface area contributed by atoms with E-state index >= 15 is 0 Å². The molecule has 1 N–H and O–H groups in total. The van der Waals surface area contributed by atoms with Gasteiger partial charge < -0.3 is 14.8 Å². The Hall–Kier alpha value is -4.11. The zero-order valence-electron chi connectivity index (χ0n) is 20.7. The number of nitrogens with zero attached hydrogens (tertiary/aromatic N) is 3. The first-order chi connectivity index (χ1) is 18.0. The fraction of sp³-hybridized carbons (Fsp3) is 0.214. The van der Waals surface area contributed by atoms with E-state index in [-0.39, 0.29) is 11.8 Å². The molecule has 5 rings (SSSR count). The number of hydrogen-bond acceptors (Lipinski definition) is 7. The van der Waals surface area contributed by atoms with Crippen molar-refractivity contribution in [3.63, 3.8) is 0 Å². The van der Waals surface area contributed by atoms with Crippen LogP contribution in [-0.2, 0) is 9.59 Å². The van der Waals surface area contributed by atoms with Gasteiger partial charge in [0.15, 0.2) is 11.2 Å². The zero-order valence-corrected chi connectivity index (χ0v) is 21.5. The highest BCUT2D eigenvalue weighted by molar-refractivity contribution is 8.15. The molecule has 188 valence electrons. The molecular weight excluding hydrogens is 488 g/mol. The lowest BCUT2D eigenvalue weighted by atomic mass is 10.1. The largest absolute Gasteiger partial charge is 0.497 e. The third-order valence-corrected chi connectivity index (χ3v) is 7.48. The number of amides is 2. The maximum Gasteiger partial charge on any atom is 0.263 e. The van der Waals surface area contributed by atoms with Gasteiger partial charge >= 0.3 is 0 Å². The summed E-state index contributed by atoms with van der Waals surface area (Å²) in [5, 5.41) is 2.87. The van der Waals surface area contributed by atoms with E-state index in [0.29, 0.717) is 40.3 Å². The maximum absolute atomic E-state index is 13.6. The van der Waals surface area contributed by atoms with Crippen LogP contribution in [0.2, 0.25) is 0 Å².